The van der Waals surface area contributed by atoms with E-state index in [-0.39, 0.29) is 31.1 Å². The first-order valence-electron chi connectivity index (χ1n) is 33.5. The summed E-state index contributed by atoms with van der Waals surface area (Å²) in [5.41, 5.74) is 0. The summed E-state index contributed by atoms with van der Waals surface area (Å²) in [5.74, 6) is -0.936. The maximum atomic E-state index is 12.9. The van der Waals surface area contributed by atoms with Gasteiger partial charge in [0.25, 0.3) is 0 Å². The van der Waals surface area contributed by atoms with Gasteiger partial charge in [0.1, 0.15) is 13.2 Å². The number of ether oxygens (including phenoxy) is 3. The minimum Gasteiger partial charge on any atom is -0.462 e. The van der Waals surface area contributed by atoms with Crippen molar-refractivity contribution in [1.29, 1.82) is 0 Å². The molecule has 0 aromatic carbocycles. The third-order valence-electron chi connectivity index (χ3n) is 13.8. The van der Waals surface area contributed by atoms with Gasteiger partial charge in [-0.1, -0.05) is 288 Å². The zero-order chi connectivity index (χ0) is 59.2. The average molecular weight is 1130 g/mol. The number of hydrogen-bond donors (Lipinski definition) is 0. The number of rotatable bonds is 59. The van der Waals surface area contributed by atoms with Crippen LogP contribution in [0.25, 0.3) is 0 Å². The Balaban J connectivity index is 4.31. The van der Waals surface area contributed by atoms with Crippen molar-refractivity contribution >= 4 is 17.9 Å². The Morgan fingerprint density at radius 3 is 0.768 bits per heavy atom. The van der Waals surface area contributed by atoms with Gasteiger partial charge in [-0.05, 0) is 135 Å². The van der Waals surface area contributed by atoms with Crippen LogP contribution in [0.2, 0.25) is 0 Å². The van der Waals surface area contributed by atoms with Gasteiger partial charge in [-0.2, -0.15) is 0 Å². The Hall–Kier alpha value is -4.97. The molecule has 0 radical (unpaired) electrons. The fourth-order valence-electron chi connectivity index (χ4n) is 8.77. The zero-order valence-corrected chi connectivity index (χ0v) is 52.9. The van der Waals surface area contributed by atoms with Crippen molar-refractivity contribution in [3.8, 4) is 0 Å². The highest BCUT2D eigenvalue weighted by Gasteiger charge is 2.19. The lowest BCUT2D eigenvalue weighted by Gasteiger charge is -2.18. The third kappa shape index (κ3) is 65.8. The highest BCUT2D eigenvalue weighted by Crippen LogP contribution is 2.15. The van der Waals surface area contributed by atoms with Gasteiger partial charge >= 0.3 is 17.9 Å². The fraction of sp³-hybridized carbons (Fsp3) is 0.618. The quantitative estimate of drug-likeness (QED) is 0.0261. The van der Waals surface area contributed by atoms with Crippen LogP contribution in [0, 0.1) is 0 Å². The van der Waals surface area contributed by atoms with Gasteiger partial charge in [-0.25, -0.2) is 0 Å². The summed E-state index contributed by atoms with van der Waals surface area (Å²) >= 11 is 0. The van der Waals surface area contributed by atoms with Crippen LogP contribution in [0.15, 0.2) is 158 Å². The molecule has 0 aliphatic heterocycles. The van der Waals surface area contributed by atoms with E-state index in [1.54, 1.807) is 0 Å². The van der Waals surface area contributed by atoms with Crippen LogP contribution < -0.4 is 0 Å². The monoisotopic (exact) mass is 1130 g/mol. The van der Waals surface area contributed by atoms with Gasteiger partial charge in [0.05, 0.1) is 0 Å². The van der Waals surface area contributed by atoms with Crippen molar-refractivity contribution < 1.29 is 28.6 Å². The lowest BCUT2D eigenvalue weighted by molar-refractivity contribution is -0.167. The molecule has 0 saturated heterocycles. The molecule has 0 amide bonds. The molecule has 0 N–H and O–H groups in total. The molecule has 1 atom stereocenters. The van der Waals surface area contributed by atoms with E-state index in [1.807, 2.05) is 0 Å². The Bertz CT molecular complexity index is 1830. The molecule has 1 unspecified atom stereocenters. The molecule has 0 aromatic heterocycles. The molecule has 0 aromatic rings. The lowest BCUT2D eigenvalue weighted by atomic mass is 10.1. The van der Waals surface area contributed by atoms with Crippen molar-refractivity contribution in [3.63, 3.8) is 0 Å². The molecule has 6 heteroatoms. The number of unbranched alkanes of at least 4 members (excludes halogenated alkanes) is 22. The first-order chi connectivity index (χ1) is 40.5. The second kappa shape index (κ2) is 68.5. The van der Waals surface area contributed by atoms with E-state index in [2.05, 4.69) is 179 Å². The van der Waals surface area contributed by atoms with E-state index in [0.29, 0.717) is 19.3 Å². The molecule has 0 fully saturated rings. The first-order valence-corrected chi connectivity index (χ1v) is 33.5. The molecule has 0 aliphatic rings. The summed E-state index contributed by atoms with van der Waals surface area (Å²) in [6, 6.07) is 0. The van der Waals surface area contributed by atoms with Crippen molar-refractivity contribution in [2.75, 3.05) is 13.2 Å². The van der Waals surface area contributed by atoms with Crippen LogP contribution in [-0.4, -0.2) is 37.2 Å². The molecule has 0 heterocycles. The molecule has 0 saturated carbocycles. The summed E-state index contributed by atoms with van der Waals surface area (Å²) in [6.07, 6.45) is 99.7. The average Bonchev–Trinajstić information content (AvgIpc) is 3.48. The SMILES string of the molecule is CC/C=C\C/C=C\C/C=C\C/C=C\C/C=C\C/C=C\C/C=C\C/C=C\C/C=C\C/C=C\CCCCCCC(=O)OCC(COC(=O)CCCCCCCCCCCC)OC(=O)CCCCCCCC/C=C\C/C=C\C/C=C\CCCCC. The first kappa shape index (κ1) is 77.0. The minimum atomic E-state index is -0.801. The number of carbonyl (C=O) groups excluding carboxylic acids is 3. The smallest absolute Gasteiger partial charge is 0.306 e. The van der Waals surface area contributed by atoms with Crippen molar-refractivity contribution in [1.82, 2.24) is 0 Å². The molecule has 0 aliphatic carbocycles. The molecule has 6 nitrogen and oxygen atoms in total. The molecule has 0 rings (SSSR count). The number of esters is 3. The van der Waals surface area contributed by atoms with E-state index in [4.69, 9.17) is 14.2 Å². The van der Waals surface area contributed by atoms with Gasteiger partial charge in [0.15, 0.2) is 6.10 Å². The predicted octanol–water partition coefficient (Wildman–Crippen LogP) is 23.3. The fourth-order valence-corrected chi connectivity index (χ4v) is 8.77. The van der Waals surface area contributed by atoms with Crippen LogP contribution >= 0.6 is 0 Å². The Labute approximate surface area is 505 Å². The van der Waals surface area contributed by atoms with Gasteiger partial charge in [0.2, 0.25) is 0 Å². The summed E-state index contributed by atoms with van der Waals surface area (Å²) in [7, 11) is 0. The molecule has 82 heavy (non-hydrogen) atoms. The van der Waals surface area contributed by atoms with Crippen LogP contribution in [0.5, 0.6) is 0 Å². The highest BCUT2D eigenvalue weighted by atomic mass is 16.6. The van der Waals surface area contributed by atoms with Crippen LogP contribution in [0.1, 0.15) is 284 Å². The molecule has 0 bridgehead atoms. The lowest BCUT2D eigenvalue weighted by Crippen LogP contribution is -2.30. The van der Waals surface area contributed by atoms with E-state index in [9.17, 15) is 14.4 Å². The van der Waals surface area contributed by atoms with E-state index < -0.39 is 6.10 Å². The summed E-state index contributed by atoms with van der Waals surface area (Å²) < 4.78 is 16.9. The Morgan fingerprint density at radius 2 is 0.476 bits per heavy atom. The van der Waals surface area contributed by atoms with Crippen LogP contribution in [-0.2, 0) is 28.6 Å². The number of hydrogen-bond acceptors (Lipinski definition) is 6. The predicted molar refractivity (Wildman–Crippen MR) is 357 cm³/mol. The van der Waals surface area contributed by atoms with Gasteiger partial charge < -0.3 is 14.2 Å². The zero-order valence-electron chi connectivity index (χ0n) is 52.9. The maximum absolute atomic E-state index is 12.9. The highest BCUT2D eigenvalue weighted by molar-refractivity contribution is 5.71. The van der Waals surface area contributed by atoms with E-state index >= 15 is 0 Å². The van der Waals surface area contributed by atoms with Crippen LogP contribution in [0.4, 0.5) is 0 Å². The van der Waals surface area contributed by atoms with Gasteiger partial charge in [-0.15, -0.1) is 0 Å². The Morgan fingerprint density at radius 1 is 0.256 bits per heavy atom. The molecular formula is C76H122O6. The molecule has 0 spiro atoms. The van der Waals surface area contributed by atoms with Crippen molar-refractivity contribution in [3.05, 3.63) is 158 Å². The van der Waals surface area contributed by atoms with E-state index in [1.165, 1.54) is 83.5 Å². The molecular weight excluding hydrogens is 1010 g/mol. The summed E-state index contributed by atoms with van der Waals surface area (Å²) in [6.45, 7) is 6.45. The summed E-state index contributed by atoms with van der Waals surface area (Å²) in [5, 5.41) is 0. The number of allylic oxidation sites excluding steroid dienone is 26. The minimum absolute atomic E-state index is 0.0949. The van der Waals surface area contributed by atoms with Crippen molar-refractivity contribution in [2.24, 2.45) is 0 Å². The van der Waals surface area contributed by atoms with Crippen LogP contribution in [0.3, 0.4) is 0 Å². The normalized spacial score (nSPS) is 13.2. The second-order valence-electron chi connectivity index (χ2n) is 21.6. The van der Waals surface area contributed by atoms with Gasteiger partial charge in [-0.3, -0.25) is 14.4 Å². The topological polar surface area (TPSA) is 78.9 Å². The van der Waals surface area contributed by atoms with Crippen molar-refractivity contribution in [2.45, 2.75) is 290 Å². The standard InChI is InChI=1S/C76H122O6/c1-4-7-10-13-16-19-22-24-26-28-30-31-32-33-34-35-36-37-38-39-40-41-42-43-44-45-47-48-50-52-54-57-60-63-66-69-75(78)81-72-73(71-80-74(77)68-65-62-59-56-21-18-15-12-9-6-3)82-76(79)70-67-64-61-58-55-53-51-49-46-29-27-25-23-20-17-14-11-8-5-2/h7,10,16-17,19-20,24-27,30-31,33-34,36-37,39-40,42-43,45-47,49-50,52,73H,4-6,8-9,11-15,18,21-23,28-29,32,35,38,41,44,48,51,53-72H2,1-3H3/b10-7-,19-16-,20-17-,26-24-,27-25-,31-30-,34-33-,37-36-,40-39-,43-42-,47-45-,49-46-,52-50-. The largest absolute Gasteiger partial charge is 0.462 e. The second-order valence-corrected chi connectivity index (χ2v) is 21.6. The molecule has 462 valence electrons. The summed E-state index contributed by atoms with van der Waals surface area (Å²) in [4.78, 5) is 38.2. The maximum Gasteiger partial charge on any atom is 0.306 e. The Kier molecular flexibility index (Phi) is 64.4. The van der Waals surface area contributed by atoms with E-state index in [0.717, 1.165) is 161 Å². The third-order valence-corrected chi connectivity index (χ3v) is 13.8. The number of carbonyl (C=O) groups is 3. The van der Waals surface area contributed by atoms with Gasteiger partial charge in [0, 0.05) is 19.3 Å².